The molecule has 1 aromatic carbocycles. The van der Waals surface area contributed by atoms with Crippen LogP contribution in [0.2, 0.25) is 0 Å². The van der Waals surface area contributed by atoms with Crippen molar-refractivity contribution in [1.82, 2.24) is 5.32 Å². The van der Waals surface area contributed by atoms with Gasteiger partial charge in [0.25, 0.3) is 0 Å². The molecule has 1 atom stereocenters. The molecule has 15 heavy (non-hydrogen) atoms. The molecule has 1 rings (SSSR count). The Morgan fingerprint density at radius 2 is 2.00 bits per heavy atom. The highest BCUT2D eigenvalue weighted by molar-refractivity contribution is 5.34. The fraction of sp³-hybridized carbons (Fsp3) is 0.538. The zero-order chi connectivity index (χ0) is 11.5. The van der Waals surface area contributed by atoms with E-state index in [-0.39, 0.29) is 0 Å². The van der Waals surface area contributed by atoms with Gasteiger partial charge in [0.2, 0.25) is 0 Å². The van der Waals surface area contributed by atoms with Crippen molar-refractivity contribution in [1.29, 1.82) is 0 Å². The zero-order valence-corrected chi connectivity index (χ0v) is 10.1. The maximum Gasteiger partial charge on any atom is 0.0883 e. The maximum absolute atomic E-state index is 10.4. The number of aryl methyl sites for hydroxylation is 2. The van der Waals surface area contributed by atoms with Gasteiger partial charge in [0.1, 0.15) is 0 Å². The van der Waals surface area contributed by atoms with E-state index in [0.717, 1.165) is 24.1 Å². The number of hydrogen-bond donors (Lipinski definition) is 2. The smallest absolute Gasteiger partial charge is 0.0883 e. The Hall–Kier alpha value is -0.860. The first-order chi connectivity index (χ1) is 6.97. The second-order valence-electron chi connectivity index (χ2n) is 4.45. The van der Waals surface area contributed by atoms with Crippen LogP contribution in [0.5, 0.6) is 0 Å². The van der Waals surface area contributed by atoms with E-state index in [2.05, 4.69) is 30.4 Å². The summed E-state index contributed by atoms with van der Waals surface area (Å²) >= 11 is 0. The van der Waals surface area contributed by atoms with Gasteiger partial charge in [0, 0.05) is 0 Å². The van der Waals surface area contributed by atoms with E-state index in [1.54, 1.807) is 0 Å². The van der Waals surface area contributed by atoms with Gasteiger partial charge < -0.3 is 10.4 Å². The molecule has 1 unspecified atom stereocenters. The number of benzene rings is 1. The summed E-state index contributed by atoms with van der Waals surface area (Å²) < 4.78 is 0. The molecule has 0 saturated carbocycles. The highest BCUT2D eigenvalue weighted by Gasteiger charge is 2.24. The van der Waals surface area contributed by atoms with Crippen molar-refractivity contribution < 1.29 is 5.11 Å². The summed E-state index contributed by atoms with van der Waals surface area (Å²) in [6.07, 6.45) is 0.730. The Balaban J connectivity index is 2.97. The van der Waals surface area contributed by atoms with Gasteiger partial charge in [-0.25, -0.2) is 0 Å². The molecule has 0 radical (unpaired) electrons. The molecule has 0 aliphatic rings. The Morgan fingerprint density at radius 3 is 2.60 bits per heavy atom. The van der Waals surface area contributed by atoms with Crippen molar-refractivity contribution in [2.24, 2.45) is 0 Å². The minimum atomic E-state index is -0.737. The lowest BCUT2D eigenvalue weighted by atomic mass is 9.88. The van der Waals surface area contributed by atoms with Gasteiger partial charge in [-0.05, 0) is 51.9 Å². The van der Waals surface area contributed by atoms with Crippen LogP contribution in [0.15, 0.2) is 18.2 Å². The summed E-state index contributed by atoms with van der Waals surface area (Å²) in [5.41, 5.74) is 2.65. The van der Waals surface area contributed by atoms with Crippen LogP contribution in [0, 0.1) is 13.8 Å². The Kier molecular flexibility index (Phi) is 3.89. The molecule has 2 heteroatoms. The van der Waals surface area contributed by atoms with Crippen LogP contribution in [-0.4, -0.2) is 18.7 Å². The number of nitrogens with one attached hydrogen (secondary N) is 1. The predicted octanol–water partition coefficient (Wildman–Crippen LogP) is 2.12. The topological polar surface area (TPSA) is 32.3 Å². The molecule has 0 bridgehead atoms. The first-order valence-corrected chi connectivity index (χ1v) is 5.42. The predicted molar refractivity (Wildman–Crippen MR) is 64.0 cm³/mol. The Morgan fingerprint density at radius 1 is 1.33 bits per heavy atom. The van der Waals surface area contributed by atoms with Crippen molar-refractivity contribution in [2.45, 2.75) is 32.8 Å². The molecule has 0 aromatic heterocycles. The van der Waals surface area contributed by atoms with Gasteiger partial charge in [-0.1, -0.05) is 23.8 Å². The zero-order valence-electron chi connectivity index (χ0n) is 10.1. The van der Waals surface area contributed by atoms with Crippen molar-refractivity contribution in [3.8, 4) is 0 Å². The minimum absolute atomic E-state index is 0.730. The molecule has 84 valence electrons. The third-order valence-electron chi connectivity index (χ3n) is 2.84. The van der Waals surface area contributed by atoms with E-state index in [0.29, 0.717) is 0 Å². The molecule has 2 nitrogen and oxygen atoms in total. The fourth-order valence-corrected chi connectivity index (χ4v) is 1.82. The Bertz CT molecular complexity index is 331. The number of aliphatic hydroxyl groups is 1. The largest absolute Gasteiger partial charge is 0.385 e. The van der Waals surface area contributed by atoms with E-state index in [1.807, 2.05) is 20.9 Å². The van der Waals surface area contributed by atoms with E-state index in [9.17, 15) is 5.11 Å². The summed E-state index contributed by atoms with van der Waals surface area (Å²) in [7, 11) is 1.90. The lowest BCUT2D eigenvalue weighted by molar-refractivity contribution is 0.0478. The lowest BCUT2D eigenvalue weighted by Gasteiger charge is -2.26. The van der Waals surface area contributed by atoms with Gasteiger partial charge in [-0.15, -0.1) is 0 Å². The minimum Gasteiger partial charge on any atom is -0.385 e. The molecular weight excluding hydrogens is 186 g/mol. The van der Waals surface area contributed by atoms with E-state index in [4.69, 9.17) is 0 Å². The third kappa shape index (κ3) is 3.05. The van der Waals surface area contributed by atoms with E-state index < -0.39 is 5.60 Å². The maximum atomic E-state index is 10.4. The van der Waals surface area contributed by atoms with Crippen LogP contribution >= 0.6 is 0 Å². The fourth-order valence-electron chi connectivity index (χ4n) is 1.82. The van der Waals surface area contributed by atoms with E-state index in [1.165, 1.54) is 5.56 Å². The molecule has 0 heterocycles. The molecule has 0 saturated heterocycles. The second kappa shape index (κ2) is 4.77. The van der Waals surface area contributed by atoms with Crippen LogP contribution in [0.3, 0.4) is 0 Å². The standard InChI is InChI=1S/C13H21NO/c1-10-5-6-11(2)12(9-10)13(3,15)7-8-14-4/h5-6,9,14-15H,7-8H2,1-4H3. The highest BCUT2D eigenvalue weighted by Crippen LogP contribution is 2.27. The average Bonchev–Trinajstić information content (AvgIpc) is 2.18. The molecule has 0 fully saturated rings. The summed E-state index contributed by atoms with van der Waals surface area (Å²) in [6, 6.07) is 6.22. The van der Waals surface area contributed by atoms with Crippen molar-refractivity contribution in [3.63, 3.8) is 0 Å². The van der Waals surface area contributed by atoms with Crippen LogP contribution in [-0.2, 0) is 5.60 Å². The summed E-state index contributed by atoms with van der Waals surface area (Å²) in [5, 5.41) is 13.4. The third-order valence-corrected chi connectivity index (χ3v) is 2.84. The first kappa shape index (κ1) is 12.2. The van der Waals surface area contributed by atoms with Crippen molar-refractivity contribution >= 4 is 0 Å². The molecule has 0 aliphatic heterocycles. The van der Waals surface area contributed by atoms with E-state index >= 15 is 0 Å². The SMILES string of the molecule is CNCCC(C)(O)c1cc(C)ccc1C. The van der Waals surface area contributed by atoms with Crippen LogP contribution in [0.25, 0.3) is 0 Å². The van der Waals surface area contributed by atoms with Crippen molar-refractivity contribution in [2.75, 3.05) is 13.6 Å². The van der Waals surface area contributed by atoms with Crippen LogP contribution < -0.4 is 5.32 Å². The Labute approximate surface area is 92.3 Å². The van der Waals surface area contributed by atoms with Gasteiger partial charge in [0.05, 0.1) is 5.60 Å². The first-order valence-electron chi connectivity index (χ1n) is 5.42. The van der Waals surface area contributed by atoms with Crippen molar-refractivity contribution in [3.05, 3.63) is 34.9 Å². The highest BCUT2D eigenvalue weighted by atomic mass is 16.3. The number of hydrogen-bond acceptors (Lipinski definition) is 2. The monoisotopic (exact) mass is 207 g/mol. The average molecular weight is 207 g/mol. The molecular formula is C13H21NO. The van der Waals surface area contributed by atoms with Gasteiger partial charge >= 0.3 is 0 Å². The van der Waals surface area contributed by atoms with Gasteiger partial charge in [-0.2, -0.15) is 0 Å². The second-order valence-corrected chi connectivity index (χ2v) is 4.45. The normalized spacial score (nSPS) is 15.0. The molecule has 0 aliphatic carbocycles. The molecule has 2 N–H and O–H groups in total. The van der Waals surface area contributed by atoms with Gasteiger partial charge in [0.15, 0.2) is 0 Å². The van der Waals surface area contributed by atoms with Crippen LogP contribution in [0.4, 0.5) is 0 Å². The summed E-state index contributed by atoms with van der Waals surface area (Å²) in [4.78, 5) is 0. The molecule has 0 amide bonds. The quantitative estimate of drug-likeness (QED) is 0.792. The number of rotatable bonds is 4. The van der Waals surface area contributed by atoms with Gasteiger partial charge in [-0.3, -0.25) is 0 Å². The molecule has 0 spiro atoms. The van der Waals surface area contributed by atoms with Crippen LogP contribution in [0.1, 0.15) is 30.0 Å². The molecule has 1 aromatic rings. The summed E-state index contributed by atoms with van der Waals surface area (Å²) in [5.74, 6) is 0. The lowest BCUT2D eigenvalue weighted by Crippen LogP contribution is -2.27. The summed E-state index contributed by atoms with van der Waals surface area (Å²) in [6.45, 7) is 6.80.